The van der Waals surface area contributed by atoms with Crippen molar-refractivity contribution in [1.82, 2.24) is 20.3 Å². The summed E-state index contributed by atoms with van der Waals surface area (Å²) in [5.74, 6) is 1.61. The fourth-order valence-corrected chi connectivity index (χ4v) is 2.87. The molecule has 1 aliphatic carbocycles. The number of rotatable bonds is 7. The van der Waals surface area contributed by atoms with Gasteiger partial charge in [-0.2, -0.15) is 15.0 Å². The van der Waals surface area contributed by atoms with E-state index in [4.69, 9.17) is 9.47 Å². The van der Waals surface area contributed by atoms with Gasteiger partial charge in [0.05, 0.1) is 26.2 Å². The lowest BCUT2D eigenvalue weighted by Gasteiger charge is -2.18. The molecule has 0 atom stereocenters. The maximum Gasteiger partial charge on any atom is 0.321 e. The normalized spacial score (nSPS) is 14.5. The molecule has 1 N–H and O–H groups in total. The van der Waals surface area contributed by atoms with Crippen molar-refractivity contribution in [3.63, 3.8) is 0 Å². The maximum absolute atomic E-state index is 12.9. The van der Waals surface area contributed by atoms with E-state index in [-0.39, 0.29) is 18.5 Å². The van der Waals surface area contributed by atoms with Crippen molar-refractivity contribution < 1.29 is 14.3 Å². The van der Waals surface area contributed by atoms with Gasteiger partial charge in [0.1, 0.15) is 5.75 Å². The SMILES string of the molecule is COc1nc(CNC(=O)C2(c3ccccc3OC)CC2)nc(N(C)C)n1. The third-order valence-corrected chi connectivity index (χ3v) is 4.45. The van der Waals surface area contributed by atoms with Gasteiger partial charge in [-0.25, -0.2) is 0 Å². The van der Waals surface area contributed by atoms with Gasteiger partial charge in [-0.15, -0.1) is 0 Å². The molecule has 0 spiro atoms. The molecule has 8 heteroatoms. The zero-order chi connectivity index (χ0) is 18.7. The molecule has 3 rings (SSSR count). The van der Waals surface area contributed by atoms with Gasteiger partial charge in [-0.1, -0.05) is 18.2 Å². The molecule has 26 heavy (non-hydrogen) atoms. The molecule has 138 valence electrons. The second-order valence-corrected chi connectivity index (χ2v) is 6.40. The minimum Gasteiger partial charge on any atom is -0.496 e. The maximum atomic E-state index is 12.9. The number of carbonyl (C=O) groups is 1. The second kappa shape index (κ2) is 7.15. The molecule has 0 bridgehead atoms. The van der Waals surface area contributed by atoms with Crippen LogP contribution < -0.4 is 19.7 Å². The molecule has 1 fully saturated rings. The van der Waals surface area contributed by atoms with Gasteiger partial charge in [-0.3, -0.25) is 4.79 Å². The number of nitrogens with one attached hydrogen (secondary N) is 1. The highest BCUT2D eigenvalue weighted by Gasteiger charge is 2.52. The first-order valence-corrected chi connectivity index (χ1v) is 8.38. The van der Waals surface area contributed by atoms with Gasteiger partial charge in [0, 0.05) is 19.7 Å². The van der Waals surface area contributed by atoms with E-state index < -0.39 is 5.41 Å². The minimum atomic E-state index is -0.534. The Morgan fingerprint density at radius 2 is 1.88 bits per heavy atom. The van der Waals surface area contributed by atoms with Crippen molar-refractivity contribution in [2.75, 3.05) is 33.2 Å². The Bertz CT molecular complexity index is 805. The summed E-state index contributed by atoms with van der Waals surface area (Å²) in [7, 11) is 6.78. The van der Waals surface area contributed by atoms with Crippen LogP contribution in [0.3, 0.4) is 0 Å². The van der Waals surface area contributed by atoms with Gasteiger partial charge in [0.25, 0.3) is 0 Å². The number of hydrogen-bond acceptors (Lipinski definition) is 7. The number of carbonyl (C=O) groups excluding carboxylic acids is 1. The van der Waals surface area contributed by atoms with Gasteiger partial charge in [0.2, 0.25) is 11.9 Å². The van der Waals surface area contributed by atoms with Crippen LogP contribution in [-0.2, 0) is 16.8 Å². The highest BCUT2D eigenvalue weighted by atomic mass is 16.5. The van der Waals surface area contributed by atoms with Gasteiger partial charge >= 0.3 is 6.01 Å². The molecule has 2 aromatic rings. The number of nitrogens with zero attached hydrogens (tertiary/aromatic N) is 4. The largest absolute Gasteiger partial charge is 0.496 e. The van der Waals surface area contributed by atoms with Gasteiger partial charge in [-0.05, 0) is 18.9 Å². The van der Waals surface area contributed by atoms with Crippen LogP contribution in [0.1, 0.15) is 24.2 Å². The molecule has 1 aromatic carbocycles. The van der Waals surface area contributed by atoms with Crippen LogP contribution in [-0.4, -0.2) is 49.2 Å². The van der Waals surface area contributed by atoms with E-state index in [1.807, 2.05) is 38.4 Å². The van der Waals surface area contributed by atoms with Crippen molar-refractivity contribution in [3.8, 4) is 11.8 Å². The number of ether oxygens (including phenoxy) is 2. The number of amides is 1. The van der Waals surface area contributed by atoms with E-state index in [0.717, 1.165) is 24.2 Å². The summed E-state index contributed by atoms with van der Waals surface area (Å²) >= 11 is 0. The molecular weight excluding hydrogens is 334 g/mol. The van der Waals surface area contributed by atoms with Crippen LogP contribution in [0.15, 0.2) is 24.3 Å². The molecule has 1 amide bonds. The highest BCUT2D eigenvalue weighted by Crippen LogP contribution is 2.51. The Hall–Kier alpha value is -2.90. The summed E-state index contributed by atoms with van der Waals surface area (Å²) in [6, 6.07) is 7.87. The summed E-state index contributed by atoms with van der Waals surface area (Å²) in [6.07, 6.45) is 1.59. The zero-order valence-electron chi connectivity index (χ0n) is 15.4. The van der Waals surface area contributed by atoms with E-state index in [9.17, 15) is 4.79 Å². The van der Waals surface area contributed by atoms with E-state index in [1.165, 1.54) is 7.11 Å². The Morgan fingerprint density at radius 1 is 1.15 bits per heavy atom. The van der Waals surface area contributed by atoms with E-state index in [2.05, 4.69) is 20.3 Å². The van der Waals surface area contributed by atoms with Gasteiger partial charge in [0.15, 0.2) is 5.82 Å². The van der Waals surface area contributed by atoms with Crippen LogP contribution >= 0.6 is 0 Å². The summed E-state index contributed by atoms with van der Waals surface area (Å²) < 4.78 is 10.5. The summed E-state index contributed by atoms with van der Waals surface area (Å²) in [5.41, 5.74) is 0.385. The molecule has 0 saturated heterocycles. The van der Waals surface area contributed by atoms with Crippen molar-refractivity contribution in [1.29, 1.82) is 0 Å². The Kier molecular flexibility index (Phi) is 4.92. The van der Waals surface area contributed by atoms with Crippen LogP contribution in [0.5, 0.6) is 11.8 Å². The molecule has 8 nitrogen and oxygen atoms in total. The number of anilines is 1. The molecule has 0 radical (unpaired) electrons. The molecule has 1 aromatic heterocycles. The van der Waals surface area contributed by atoms with Crippen molar-refractivity contribution in [3.05, 3.63) is 35.7 Å². The predicted octanol–water partition coefficient (Wildman–Crippen LogP) is 1.30. The highest BCUT2D eigenvalue weighted by molar-refractivity contribution is 5.92. The summed E-state index contributed by atoms with van der Waals surface area (Å²) in [4.78, 5) is 27.3. The standard InChI is InChI=1S/C18H23N5O3/c1-23(2)16-20-14(21-17(22-16)26-4)11-19-15(24)18(9-10-18)12-7-5-6-8-13(12)25-3/h5-8H,9-11H2,1-4H3,(H,19,24). The van der Waals surface area contributed by atoms with Crippen LogP contribution in [0.25, 0.3) is 0 Å². The Morgan fingerprint density at radius 3 is 2.50 bits per heavy atom. The predicted molar refractivity (Wildman–Crippen MR) is 96.5 cm³/mol. The van der Waals surface area contributed by atoms with Crippen LogP contribution in [0, 0.1) is 0 Å². The second-order valence-electron chi connectivity index (χ2n) is 6.40. The molecule has 1 saturated carbocycles. The molecule has 0 aliphatic heterocycles. The third-order valence-electron chi connectivity index (χ3n) is 4.45. The van der Waals surface area contributed by atoms with Crippen molar-refractivity contribution in [2.45, 2.75) is 24.8 Å². The zero-order valence-corrected chi connectivity index (χ0v) is 15.4. The molecule has 1 aliphatic rings. The van der Waals surface area contributed by atoms with Crippen molar-refractivity contribution in [2.24, 2.45) is 0 Å². The third kappa shape index (κ3) is 3.40. The lowest BCUT2D eigenvalue weighted by molar-refractivity contribution is -0.123. The molecule has 0 unspecified atom stereocenters. The van der Waals surface area contributed by atoms with Gasteiger partial charge < -0.3 is 19.7 Å². The number of hydrogen-bond donors (Lipinski definition) is 1. The number of methoxy groups -OCH3 is 2. The van der Waals surface area contributed by atoms with Crippen LogP contribution in [0.4, 0.5) is 5.95 Å². The lowest BCUT2D eigenvalue weighted by atomic mass is 9.94. The number of aromatic nitrogens is 3. The lowest BCUT2D eigenvalue weighted by Crippen LogP contribution is -2.35. The summed E-state index contributed by atoms with van der Waals surface area (Å²) in [6.45, 7) is 0.204. The molecular formula is C18H23N5O3. The number of para-hydroxylation sites is 1. The topological polar surface area (TPSA) is 89.5 Å². The minimum absolute atomic E-state index is 0.0483. The van der Waals surface area contributed by atoms with E-state index >= 15 is 0 Å². The summed E-state index contributed by atoms with van der Waals surface area (Å²) in [5, 5.41) is 2.95. The first-order chi connectivity index (χ1) is 12.5. The van der Waals surface area contributed by atoms with Crippen molar-refractivity contribution >= 4 is 11.9 Å². The molecule has 1 heterocycles. The first kappa shape index (κ1) is 17.9. The average molecular weight is 357 g/mol. The first-order valence-electron chi connectivity index (χ1n) is 8.38. The Labute approximate surface area is 152 Å². The monoisotopic (exact) mass is 357 g/mol. The quantitative estimate of drug-likeness (QED) is 0.799. The van der Waals surface area contributed by atoms with E-state index in [0.29, 0.717) is 11.8 Å². The number of benzene rings is 1. The smallest absolute Gasteiger partial charge is 0.321 e. The van der Waals surface area contributed by atoms with Crippen LogP contribution in [0.2, 0.25) is 0 Å². The Balaban J connectivity index is 1.76. The van der Waals surface area contributed by atoms with E-state index in [1.54, 1.807) is 12.0 Å². The fourth-order valence-electron chi connectivity index (χ4n) is 2.87. The fraction of sp³-hybridized carbons (Fsp3) is 0.444. The average Bonchev–Trinajstić information content (AvgIpc) is 3.47.